The standard InChI is InChI=1S/C20H19N5O/c1-25-12-15(14-5-3-4-6-18(14)25)16-9-10-22-20(23-16)24-17-11-13(21)7-8-19(17)26-2/h3-12H,21H2,1-2H3,(H,22,23,24). The van der Waals surface area contributed by atoms with Crippen LogP contribution in [0.25, 0.3) is 22.2 Å². The number of rotatable bonds is 4. The number of hydrogen-bond acceptors (Lipinski definition) is 5. The molecular weight excluding hydrogens is 326 g/mol. The van der Waals surface area contributed by atoms with Crippen LogP contribution in [0.15, 0.2) is 60.9 Å². The van der Waals surface area contributed by atoms with Crippen LogP contribution >= 0.6 is 0 Å². The first kappa shape index (κ1) is 16.0. The van der Waals surface area contributed by atoms with Crippen LogP contribution in [0.5, 0.6) is 5.75 Å². The van der Waals surface area contributed by atoms with E-state index in [4.69, 9.17) is 10.5 Å². The first-order valence-electron chi connectivity index (χ1n) is 8.24. The van der Waals surface area contributed by atoms with E-state index in [9.17, 15) is 0 Å². The molecule has 26 heavy (non-hydrogen) atoms. The van der Waals surface area contributed by atoms with Gasteiger partial charge in [-0.15, -0.1) is 0 Å². The van der Waals surface area contributed by atoms with Crippen molar-refractivity contribution in [1.29, 1.82) is 0 Å². The Hall–Kier alpha value is -3.54. The van der Waals surface area contributed by atoms with E-state index in [1.807, 2.05) is 31.3 Å². The van der Waals surface area contributed by atoms with Gasteiger partial charge in [-0.1, -0.05) is 18.2 Å². The van der Waals surface area contributed by atoms with Crippen LogP contribution in [0.2, 0.25) is 0 Å². The highest BCUT2D eigenvalue weighted by Crippen LogP contribution is 2.31. The maximum atomic E-state index is 5.88. The van der Waals surface area contributed by atoms with Gasteiger partial charge in [0, 0.05) is 41.6 Å². The highest BCUT2D eigenvalue weighted by atomic mass is 16.5. The number of ether oxygens (including phenoxy) is 1. The van der Waals surface area contributed by atoms with Crippen molar-refractivity contribution in [3.8, 4) is 17.0 Å². The van der Waals surface area contributed by atoms with Crippen LogP contribution in [-0.4, -0.2) is 21.6 Å². The summed E-state index contributed by atoms with van der Waals surface area (Å²) in [6, 6.07) is 15.6. The molecule has 0 atom stereocenters. The molecule has 0 spiro atoms. The van der Waals surface area contributed by atoms with Crippen molar-refractivity contribution < 1.29 is 4.74 Å². The maximum absolute atomic E-state index is 5.88. The summed E-state index contributed by atoms with van der Waals surface area (Å²) >= 11 is 0. The van der Waals surface area contributed by atoms with Crippen LogP contribution in [-0.2, 0) is 7.05 Å². The molecule has 0 fully saturated rings. The van der Waals surface area contributed by atoms with Gasteiger partial charge in [-0.3, -0.25) is 0 Å². The molecule has 0 amide bonds. The molecule has 0 saturated carbocycles. The zero-order valence-electron chi connectivity index (χ0n) is 14.6. The zero-order valence-corrected chi connectivity index (χ0v) is 14.6. The quantitative estimate of drug-likeness (QED) is 0.547. The van der Waals surface area contributed by atoms with Gasteiger partial charge in [-0.25, -0.2) is 9.97 Å². The number of nitrogen functional groups attached to an aromatic ring is 1. The molecule has 0 bridgehead atoms. The van der Waals surface area contributed by atoms with Gasteiger partial charge >= 0.3 is 0 Å². The lowest BCUT2D eigenvalue weighted by Gasteiger charge is -2.11. The van der Waals surface area contributed by atoms with E-state index in [0.29, 0.717) is 17.4 Å². The van der Waals surface area contributed by atoms with E-state index in [1.165, 1.54) is 0 Å². The first-order valence-corrected chi connectivity index (χ1v) is 8.24. The van der Waals surface area contributed by atoms with E-state index in [-0.39, 0.29) is 0 Å². The number of benzene rings is 2. The van der Waals surface area contributed by atoms with Crippen molar-refractivity contribution in [3.63, 3.8) is 0 Å². The van der Waals surface area contributed by atoms with E-state index < -0.39 is 0 Å². The van der Waals surface area contributed by atoms with Crippen molar-refractivity contribution in [2.75, 3.05) is 18.2 Å². The molecule has 0 unspecified atom stereocenters. The number of nitrogens with two attached hydrogens (primary N) is 1. The van der Waals surface area contributed by atoms with Crippen molar-refractivity contribution in [3.05, 3.63) is 60.9 Å². The Kier molecular flexibility index (Phi) is 3.93. The van der Waals surface area contributed by atoms with Gasteiger partial charge in [0.1, 0.15) is 5.75 Å². The molecule has 2 aromatic carbocycles. The number of nitrogens with one attached hydrogen (secondary N) is 1. The second kappa shape index (κ2) is 6.40. The minimum absolute atomic E-state index is 0.485. The van der Waals surface area contributed by atoms with Gasteiger partial charge in [0.25, 0.3) is 0 Å². The van der Waals surface area contributed by atoms with E-state index in [1.54, 1.807) is 25.4 Å². The van der Waals surface area contributed by atoms with Crippen LogP contribution in [0, 0.1) is 0 Å². The van der Waals surface area contributed by atoms with Gasteiger partial charge in [0.2, 0.25) is 5.95 Å². The van der Waals surface area contributed by atoms with Crippen molar-refractivity contribution in [2.45, 2.75) is 0 Å². The van der Waals surface area contributed by atoms with E-state index in [0.717, 1.165) is 27.8 Å². The molecule has 130 valence electrons. The van der Waals surface area contributed by atoms with Crippen LogP contribution < -0.4 is 15.8 Å². The molecule has 2 heterocycles. The predicted octanol–water partition coefficient (Wildman–Crippen LogP) is 3.97. The minimum Gasteiger partial charge on any atom is -0.495 e. The average molecular weight is 345 g/mol. The van der Waals surface area contributed by atoms with Gasteiger partial charge in [-0.05, 0) is 30.3 Å². The summed E-state index contributed by atoms with van der Waals surface area (Å²) in [6.45, 7) is 0. The number of aromatic nitrogens is 3. The Balaban J connectivity index is 1.75. The lowest BCUT2D eigenvalue weighted by molar-refractivity contribution is 0.417. The molecule has 3 N–H and O–H groups in total. The zero-order chi connectivity index (χ0) is 18.1. The van der Waals surface area contributed by atoms with Crippen molar-refractivity contribution >= 4 is 28.2 Å². The van der Waals surface area contributed by atoms with Gasteiger partial charge in [0.05, 0.1) is 18.5 Å². The largest absolute Gasteiger partial charge is 0.495 e. The van der Waals surface area contributed by atoms with E-state index >= 15 is 0 Å². The average Bonchev–Trinajstić information content (AvgIpc) is 2.99. The van der Waals surface area contributed by atoms with E-state index in [2.05, 4.69) is 38.2 Å². The smallest absolute Gasteiger partial charge is 0.227 e. The number of methoxy groups -OCH3 is 1. The third-order valence-corrected chi connectivity index (χ3v) is 4.30. The number of fused-ring (bicyclic) bond motifs is 1. The number of para-hydroxylation sites is 1. The molecule has 0 aliphatic heterocycles. The molecule has 0 aliphatic rings. The fraction of sp³-hybridized carbons (Fsp3) is 0.100. The lowest BCUT2D eigenvalue weighted by atomic mass is 10.1. The monoisotopic (exact) mass is 345 g/mol. The van der Waals surface area contributed by atoms with Crippen molar-refractivity contribution in [2.24, 2.45) is 7.05 Å². The van der Waals surface area contributed by atoms with Gasteiger partial charge in [-0.2, -0.15) is 0 Å². The normalized spacial score (nSPS) is 10.8. The van der Waals surface area contributed by atoms with Crippen LogP contribution in [0.3, 0.4) is 0 Å². The summed E-state index contributed by atoms with van der Waals surface area (Å²) in [5, 5.41) is 4.35. The fourth-order valence-corrected chi connectivity index (χ4v) is 3.06. The predicted molar refractivity (Wildman–Crippen MR) is 105 cm³/mol. The van der Waals surface area contributed by atoms with Crippen LogP contribution in [0.1, 0.15) is 0 Å². The minimum atomic E-state index is 0.485. The topological polar surface area (TPSA) is 78.0 Å². The van der Waals surface area contributed by atoms with Gasteiger partial charge in [0.15, 0.2) is 0 Å². The lowest BCUT2D eigenvalue weighted by Crippen LogP contribution is -2.00. The molecular formula is C20H19N5O. The van der Waals surface area contributed by atoms with Gasteiger partial charge < -0.3 is 20.4 Å². The number of anilines is 3. The number of nitrogens with zero attached hydrogens (tertiary/aromatic N) is 3. The highest BCUT2D eigenvalue weighted by Gasteiger charge is 2.11. The molecule has 2 aromatic heterocycles. The molecule has 4 rings (SSSR count). The summed E-state index contributed by atoms with van der Waals surface area (Å²) in [5.74, 6) is 1.16. The Morgan fingerprint density at radius 2 is 1.96 bits per heavy atom. The maximum Gasteiger partial charge on any atom is 0.227 e. The highest BCUT2D eigenvalue weighted by molar-refractivity contribution is 5.95. The Labute approximate surface area is 151 Å². The van der Waals surface area contributed by atoms with Crippen molar-refractivity contribution in [1.82, 2.24) is 14.5 Å². The Morgan fingerprint density at radius 1 is 1.12 bits per heavy atom. The first-order chi connectivity index (χ1) is 12.7. The molecule has 0 radical (unpaired) electrons. The summed E-state index contributed by atoms with van der Waals surface area (Å²) in [6.07, 6.45) is 3.82. The summed E-state index contributed by atoms with van der Waals surface area (Å²) in [7, 11) is 3.65. The Bertz CT molecular complexity index is 1090. The number of hydrogen-bond donors (Lipinski definition) is 2. The fourth-order valence-electron chi connectivity index (χ4n) is 3.06. The van der Waals surface area contributed by atoms with Crippen LogP contribution in [0.4, 0.5) is 17.3 Å². The molecule has 4 aromatic rings. The third-order valence-electron chi connectivity index (χ3n) is 4.30. The number of aryl methyl sites for hydroxylation is 1. The third kappa shape index (κ3) is 2.82. The summed E-state index contributed by atoms with van der Waals surface area (Å²) in [4.78, 5) is 9.00. The second-order valence-electron chi connectivity index (χ2n) is 6.02. The second-order valence-corrected chi connectivity index (χ2v) is 6.02. The summed E-state index contributed by atoms with van der Waals surface area (Å²) in [5.41, 5.74) is 10.3. The SMILES string of the molecule is COc1ccc(N)cc1Nc1nccc(-c2cn(C)c3ccccc23)n1. The molecule has 6 nitrogen and oxygen atoms in total. The summed E-state index contributed by atoms with van der Waals surface area (Å²) < 4.78 is 7.47. The molecule has 6 heteroatoms. The molecule has 0 saturated heterocycles. The molecule has 0 aliphatic carbocycles. The Morgan fingerprint density at radius 3 is 2.81 bits per heavy atom.